The Morgan fingerprint density at radius 3 is 2.85 bits per heavy atom. The van der Waals surface area contributed by atoms with E-state index in [0.717, 1.165) is 26.8 Å². The molecule has 3 heterocycles. The molecular weight excluding hydrogens is 276 g/mol. The fourth-order valence-electron chi connectivity index (χ4n) is 2.15. The van der Waals surface area contributed by atoms with Crippen molar-refractivity contribution in [1.29, 1.82) is 0 Å². The highest BCUT2D eigenvalue weighted by Crippen LogP contribution is 2.44. The number of thiophene rings is 1. The Morgan fingerprint density at radius 2 is 2.00 bits per heavy atom. The van der Waals surface area contributed by atoms with Crippen LogP contribution in [0.4, 0.5) is 5.82 Å². The first-order valence-corrected chi connectivity index (χ1v) is 6.80. The molecule has 0 unspecified atom stereocenters. The molecule has 20 heavy (non-hydrogen) atoms. The summed E-state index contributed by atoms with van der Waals surface area (Å²) in [7, 11) is 0. The number of nitrogens with zero attached hydrogens (tertiary/aromatic N) is 2. The maximum atomic E-state index is 5.77. The van der Waals surface area contributed by atoms with Gasteiger partial charge in [-0.05, 0) is 24.3 Å². The van der Waals surface area contributed by atoms with Crippen LogP contribution in [0.5, 0.6) is 11.5 Å². The molecule has 0 amide bonds. The summed E-state index contributed by atoms with van der Waals surface area (Å²) in [5.41, 5.74) is 7.45. The first-order valence-electron chi connectivity index (χ1n) is 5.98. The molecule has 0 bridgehead atoms. The lowest BCUT2D eigenvalue weighted by molar-refractivity contribution is 0.174. The fourth-order valence-corrected chi connectivity index (χ4v) is 3.18. The van der Waals surface area contributed by atoms with Crippen LogP contribution in [0.2, 0.25) is 0 Å². The second-order valence-electron chi connectivity index (χ2n) is 4.26. The minimum absolute atomic E-state index is 0.265. The molecule has 0 spiro atoms. The van der Waals surface area contributed by atoms with E-state index in [1.54, 1.807) is 11.3 Å². The van der Waals surface area contributed by atoms with Crippen LogP contribution in [0.3, 0.4) is 0 Å². The molecule has 6 nitrogen and oxygen atoms in total. The zero-order chi connectivity index (χ0) is 13.5. The van der Waals surface area contributed by atoms with Crippen molar-refractivity contribution in [3.8, 4) is 32.5 Å². The predicted molar refractivity (Wildman–Crippen MR) is 75.7 cm³/mol. The molecule has 3 N–H and O–H groups in total. The molecule has 0 atom stereocenters. The number of fused-ring (bicyclic) bond motifs is 1. The number of benzene rings is 1. The molecule has 7 heteroatoms. The van der Waals surface area contributed by atoms with Crippen molar-refractivity contribution in [3.63, 3.8) is 0 Å². The number of anilines is 1. The number of H-pyrrole nitrogens is 1. The smallest absolute Gasteiger partial charge is 0.231 e. The average Bonchev–Trinajstić information content (AvgIpc) is 3.17. The quantitative estimate of drug-likeness (QED) is 0.756. The normalized spacial score (nSPS) is 12.8. The van der Waals surface area contributed by atoms with E-state index < -0.39 is 0 Å². The fraction of sp³-hybridized carbons (Fsp3) is 0.0769. The van der Waals surface area contributed by atoms with Crippen LogP contribution < -0.4 is 15.2 Å². The maximum Gasteiger partial charge on any atom is 0.231 e. The van der Waals surface area contributed by atoms with E-state index in [1.165, 1.54) is 0 Å². The molecule has 1 aromatic carbocycles. The minimum atomic E-state index is 0.265. The number of rotatable bonds is 2. The van der Waals surface area contributed by atoms with Gasteiger partial charge in [0.15, 0.2) is 17.3 Å². The Bertz CT molecular complexity index is 780. The molecule has 4 rings (SSSR count). The van der Waals surface area contributed by atoms with E-state index in [0.29, 0.717) is 11.5 Å². The van der Waals surface area contributed by atoms with E-state index in [-0.39, 0.29) is 6.79 Å². The van der Waals surface area contributed by atoms with E-state index in [9.17, 15) is 0 Å². The van der Waals surface area contributed by atoms with Gasteiger partial charge < -0.3 is 15.2 Å². The topological polar surface area (TPSA) is 86.1 Å². The lowest BCUT2D eigenvalue weighted by Crippen LogP contribution is -1.93. The number of ether oxygens (including phenoxy) is 2. The summed E-state index contributed by atoms with van der Waals surface area (Å²) in [6.45, 7) is 0.265. The van der Waals surface area contributed by atoms with Crippen LogP contribution in [0.1, 0.15) is 0 Å². The van der Waals surface area contributed by atoms with E-state index >= 15 is 0 Å². The highest BCUT2D eigenvalue weighted by atomic mass is 32.1. The molecule has 0 fully saturated rings. The van der Waals surface area contributed by atoms with E-state index in [2.05, 4.69) is 15.4 Å². The number of aromatic nitrogens is 3. The molecule has 0 saturated carbocycles. The van der Waals surface area contributed by atoms with Gasteiger partial charge in [0.05, 0.1) is 4.88 Å². The van der Waals surface area contributed by atoms with Crippen LogP contribution in [0.25, 0.3) is 21.0 Å². The maximum absolute atomic E-state index is 5.77. The number of para-hydroxylation sites is 1. The van der Waals surface area contributed by atoms with Gasteiger partial charge in [-0.25, -0.2) is 0 Å². The first kappa shape index (κ1) is 11.3. The molecule has 0 aliphatic carbocycles. The third-order valence-corrected chi connectivity index (χ3v) is 4.20. The SMILES string of the molecule is Nc1n[nH]nc1-c1ccc(-c2cccc3c2OCO3)s1. The van der Waals surface area contributed by atoms with Gasteiger partial charge in [-0.3, -0.25) is 0 Å². The summed E-state index contributed by atoms with van der Waals surface area (Å²) in [5, 5.41) is 10.4. The van der Waals surface area contributed by atoms with Crippen LogP contribution in [-0.4, -0.2) is 22.2 Å². The number of hydrogen-bond donors (Lipinski definition) is 2. The van der Waals surface area contributed by atoms with E-state index in [4.69, 9.17) is 15.2 Å². The van der Waals surface area contributed by atoms with Crippen molar-refractivity contribution in [2.45, 2.75) is 0 Å². The Labute approximate surface area is 118 Å². The Morgan fingerprint density at radius 1 is 1.10 bits per heavy atom. The standard InChI is InChI=1S/C13H10N4O2S/c14-13-11(15-17-16-13)10-5-4-9(20-10)7-2-1-3-8-12(7)19-6-18-8/h1-5H,6H2,(H3,14,15,16,17). The number of aromatic amines is 1. The highest BCUT2D eigenvalue weighted by Gasteiger charge is 2.20. The Hall–Kier alpha value is -2.54. The van der Waals surface area contributed by atoms with Gasteiger partial charge in [0.25, 0.3) is 0 Å². The van der Waals surface area contributed by atoms with Gasteiger partial charge in [-0.1, -0.05) is 6.07 Å². The zero-order valence-corrected chi connectivity index (χ0v) is 11.1. The second kappa shape index (κ2) is 4.24. The summed E-state index contributed by atoms with van der Waals surface area (Å²) in [4.78, 5) is 2.03. The van der Waals surface area contributed by atoms with Crippen molar-refractivity contribution < 1.29 is 9.47 Å². The molecule has 3 aromatic rings. The van der Waals surface area contributed by atoms with Crippen LogP contribution in [0.15, 0.2) is 30.3 Å². The third-order valence-electron chi connectivity index (χ3n) is 3.08. The zero-order valence-electron chi connectivity index (χ0n) is 10.3. The summed E-state index contributed by atoms with van der Waals surface area (Å²) in [6.07, 6.45) is 0. The number of nitrogen functional groups attached to an aromatic ring is 1. The van der Waals surface area contributed by atoms with E-state index in [1.807, 2.05) is 30.3 Å². The highest BCUT2D eigenvalue weighted by molar-refractivity contribution is 7.18. The van der Waals surface area contributed by atoms with Crippen LogP contribution >= 0.6 is 11.3 Å². The van der Waals surface area contributed by atoms with Crippen LogP contribution in [0, 0.1) is 0 Å². The van der Waals surface area contributed by atoms with Crippen molar-refractivity contribution in [2.75, 3.05) is 12.5 Å². The molecular formula is C13H10N4O2S. The molecule has 1 aliphatic heterocycles. The van der Waals surface area contributed by atoms with Gasteiger partial charge >= 0.3 is 0 Å². The van der Waals surface area contributed by atoms with Crippen LogP contribution in [-0.2, 0) is 0 Å². The molecule has 1 aliphatic rings. The predicted octanol–water partition coefficient (Wildman–Crippen LogP) is 2.51. The summed E-state index contributed by atoms with van der Waals surface area (Å²) < 4.78 is 10.9. The van der Waals surface area contributed by atoms with Crippen molar-refractivity contribution >= 4 is 17.2 Å². The van der Waals surface area contributed by atoms with Crippen molar-refractivity contribution in [2.24, 2.45) is 0 Å². The molecule has 0 radical (unpaired) electrons. The number of nitrogens with two attached hydrogens (primary N) is 1. The second-order valence-corrected chi connectivity index (χ2v) is 5.34. The minimum Gasteiger partial charge on any atom is -0.454 e. The Kier molecular flexibility index (Phi) is 2.40. The van der Waals surface area contributed by atoms with Gasteiger partial charge in [0.2, 0.25) is 6.79 Å². The summed E-state index contributed by atoms with van der Waals surface area (Å²) in [6, 6.07) is 9.85. The summed E-state index contributed by atoms with van der Waals surface area (Å²) >= 11 is 1.59. The van der Waals surface area contributed by atoms with Gasteiger partial charge in [0, 0.05) is 10.4 Å². The first-order chi connectivity index (χ1) is 9.83. The largest absolute Gasteiger partial charge is 0.454 e. The van der Waals surface area contributed by atoms with Crippen molar-refractivity contribution in [1.82, 2.24) is 15.4 Å². The van der Waals surface area contributed by atoms with Gasteiger partial charge in [-0.2, -0.15) is 10.3 Å². The lowest BCUT2D eigenvalue weighted by Gasteiger charge is -2.02. The third kappa shape index (κ3) is 1.64. The van der Waals surface area contributed by atoms with Gasteiger partial charge in [-0.15, -0.1) is 16.4 Å². The molecule has 0 saturated heterocycles. The Balaban J connectivity index is 1.80. The number of nitrogens with one attached hydrogen (secondary N) is 1. The molecule has 2 aromatic heterocycles. The molecule has 100 valence electrons. The lowest BCUT2D eigenvalue weighted by atomic mass is 10.1. The van der Waals surface area contributed by atoms with Crippen molar-refractivity contribution in [3.05, 3.63) is 30.3 Å². The average molecular weight is 286 g/mol. The summed E-state index contributed by atoms with van der Waals surface area (Å²) in [5.74, 6) is 1.96. The monoisotopic (exact) mass is 286 g/mol. The number of hydrogen-bond acceptors (Lipinski definition) is 6. The van der Waals surface area contributed by atoms with Gasteiger partial charge in [0.1, 0.15) is 5.69 Å².